The SMILES string of the molecule is CC12CCC(=O)CC1=CCC1C2C(O)CC2(C)C1CC[C@]2(O)C(=O)COC(=O)NCCC(=O)O. The van der Waals surface area contributed by atoms with Gasteiger partial charge in [0.2, 0.25) is 5.78 Å². The number of ketones is 2. The van der Waals surface area contributed by atoms with Gasteiger partial charge in [-0.05, 0) is 55.3 Å². The summed E-state index contributed by atoms with van der Waals surface area (Å²) in [7, 11) is 0. The number of hydrogen-bond donors (Lipinski definition) is 4. The average molecular weight is 478 g/mol. The molecule has 34 heavy (non-hydrogen) atoms. The van der Waals surface area contributed by atoms with Crippen LogP contribution in [0.2, 0.25) is 0 Å². The van der Waals surface area contributed by atoms with Gasteiger partial charge >= 0.3 is 12.1 Å². The van der Waals surface area contributed by atoms with Crippen molar-refractivity contribution < 1.29 is 39.2 Å². The Bertz CT molecular complexity index is 930. The molecule has 1 amide bonds. The van der Waals surface area contributed by atoms with Gasteiger partial charge in [-0.2, -0.15) is 0 Å². The van der Waals surface area contributed by atoms with Crippen LogP contribution >= 0.6 is 0 Å². The fourth-order valence-electron chi connectivity index (χ4n) is 7.64. The molecule has 9 heteroatoms. The highest BCUT2D eigenvalue weighted by Crippen LogP contribution is 2.67. The van der Waals surface area contributed by atoms with E-state index in [4.69, 9.17) is 9.84 Å². The zero-order valence-corrected chi connectivity index (χ0v) is 19.8. The van der Waals surface area contributed by atoms with E-state index in [-0.39, 0.29) is 54.8 Å². The Labute approximate surface area is 198 Å². The summed E-state index contributed by atoms with van der Waals surface area (Å²) < 4.78 is 4.96. The molecule has 3 saturated carbocycles. The fraction of sp³-hybridized carbons (Fsp3) is 0.760. The molecule has 0 aliphatic heterocycles. The molecule has 0 saturated heterocycles. The third kappa shape index (κ3) is 3.86. The molecule has 0 aromatic carbocycles. The molecule has 7 atom stereocenters. The molecule has 0 bridgehead atoms. The van der Waals surface area contributed by atoms with Crippen molar-refractivity contribution >= 4 is 23.6 Å². The number of carbonyl (C=O) groups is 4. The van der Waals surface area contributed by atoms with Crippen LogP contribution in [-0.2, 0) is 19.1 Å². The van der Waals surface area contributed by atoms with Crippen LogP contribution in [0, 0.1) is 28.6 Å². The van der Waals surface area contributed by atoms with Crippen LogP contribution < -0.4 is 5.32 Å². The second-order valence-corrected chi connectivity index (χ2v) is 11.1. The Morgan fingerprint density at radius 1 is 1.24 bits per heavy atom. The van der Waals surface area contributed by atoms with Crippen LogP contribution in [0.15, 0.2) is 11.6 Å². The number of carboxylic acid groups (broad SMARTS) is 1. The van der Waals surface area contributed by atoms with E-state index in [1.807, 2.05) is 6.92 Å². The summed E-state index contributed by atoms with van der Waals surface area (Å²) in [5, 5.41) is 33.9. The Balaban J connectivity index is 1.49. The molecular formula is C25H35NO8. The van der Waals surface area contributed by atoms with Crippen molar-refractivity contribution in [2.24, 2.45) is 28.6 Å². The third-order valence-electron chi connectivity index (χ3n) is 9.43. The second-order valence-electron chi connectivity index (χ2n) is 11.1. The quantitative estimate of drug-likeness (QED) is 0.424. The lowest BCUT2D eigenvalue weighted by molar-refractivity contribution is -0.180. The molecule has 0 heterocycles. The van der Waals surface area contributed by atoms with Crippen LogP contribution in [-0.4, -0.2) is 63.8 Å². The van der Waals surface area contributed by atoms with Crippen molar-refractivity contribution in [1.82, 2.24) is 5.32 Å². The number of carbonyl (C=O) groups excluding carboxylic acids is 3. The molecule has 0 radical (unpaired) electrons. The van der Waals surface area contributed by atoms with E-state index in [0.29, 0.717) is 32.1 Å². The molecule has 4 N–H and O–H groups in total. The van der Waals surface area contributed by atoms with Crippen molar-refractivity contribution in [3.63, 3.8) is 0 Å². The van der Waals surface area contributed by atoms with Gasteiger partial charge in [-0.15, -0.1) is 0 Å². The maximum atomic E-state index is 13.1. The molecule has 0 aromatic rings. The molecule has 6 unspecified atom stereocenters. The van der Waals surface area contributed by atoms with Crippen molar-refractivity contribution in [2.75, 3.05) is 13.2 Å². The number of fused-ring (bicyclic) bond motifs is 5. The zero-order chi connectivity index (χ0) is 24.9. The first-order valence-electron chi connectivity index (χ1n) is 12.2. The molecule has 0 spiro atoms. The summed E-state index contributed by atoms with van der Waals surface area (Å²) in [6.45, 7) is 3.27. The van der Waals surface area contributed by atoms with Gasteiger partial charge in [0, 0.05) is 24.8 Å². The number of Topliss-reactive ketones (excluding diaryl/α,β-unsaturated/α-hetero) is 2. The standard InChI is InChI=1S/C25H35NO8/c1-23-8-5-15(27)11-14(23)3-4-16-17-6-9-25(33,24(17,2)12-18(28)21(16)23)19(29)13-34-22(32)26-10-7-20(30)31/h3,16-18,21,28,33H,4-13H2,1-2H3,(H,26,32)(H,30,31)/t16?,17?,18?,21?,23?,24?,25-/m0/s1. The second kappa shape index (κ2) is 8.75. The molecule has 188 valence electrons. The Hall–Kier alpha value is -2.26. The summed E-state index contributed by atoms with van der Waals surface area (Å²) in [4.78, 5) is 47.5. The number of nitrogens with one attached hydrogen (secondary N) is 1. The third-order valence-corrected chi connectivity index (χ3v) is 9.43. The molecule has 3 fully saturated rings. The number of aliphatic hydroxyl groups excluding tert-OH is 1. The average Bonchev–Trinajstić information content (AvgIpc) is 3.03. The number of aliphatic hydroxyl groups is 2. The van der Waals surface area contributed by atoms with E-state index in [0.717, 1.165) is 5.57 Å². The van der Waals surface area contributed by atoms with Gasteiger partial charge in [-0.3, -0.25) is 14.4 Å². The first kappa shape index (κ1) is 24.9. The maximum Gasteiger partial charge on any atom is 0.407 e. The van der Waals surface area contributed by atoms with Gasteiger partial charge in [-0.1, -0.05) is 25.5 Å². The molecular weight excluding hydrogens is 442 g/mol. The van der Waals surface area contributed by atoms with E-state index in [1.165, 1.54) is 0 Å². The van der Waals surface area contributed by atoms with Gasteiger partial charge in [0.15, 0.2) is 6.61 Å². The van der Waals surface area contributed by atoms with Gasteiger partial charge in [0.05, 0.1) is 12.5 Å². The van der Waals surface area contributed by atoms with Gasteiger partial charge in [0.1, 0.15) is 11.4 Å². The largest absolute Gasteiger partial charge is 0.481 e. The van der Waals surface area contributed by atoms with Crippen LogP contribution in [0.3, 0.4) is 0 Å². The number of allylic oxidation sites excluding steroid dienone is 2. The number of rotatable bonds is 6. The highest BCUT2D eigenvalue weighted by Gasteiger charge is 2.68. The molecule has 9 nitrogen and oxygen atoms in total. The summed E-state index contributed by atoms with van der Waals surface area (Å²) in [5.41, 5.74) is -1.71. The van der Waals surface area contributed by atoms with Crippen molar-refractivity contribution in [3.05, 3.63) is 11.6 Å². The van der Waals surface area contributed by atoms with Gasteiger partial charge in [-0.25, -0.2) is 4.79 Å². The van der Waals surface area contributed by atoms with Crippen LogP contribution in [0.4, 0.5) is 4.79 Å². The van der Waals surface area contributed by atoms with Gasteiger partial charge in [0.25, 0.3) is 0 Å². The maximum absolute atomic E-state index is 13.1. The number of carboxylic acids is 1. The number of hydrogen-bond acceptors (Lipinski definition) is 7. The smallest absolute Gasteiger partial charge is 0.407 e. The molecule has 4 aliphatic rings. The minimum Gasteiger partial charge on any atom is -0.481 e. The monoisotopic (exact) mass is 477 g/mol. The molecule has 4 aliphatic carbocycles. The number of alkyl carbamates (subject to hydrolysis) is 1. The van der Waals surface area contributed by atoms with E-state index in [9.17, 15) is 29.4 Å². The summed E-state index contributed by atoms with van der Waals surface area (Å²) >= 11 is 0. The van der Waals surface area contributed by atoms with E-state index in [2.05, 4.69) is 18.3 Å². The Kier molecular flexibility index (Phi) is 6.40. The first-order chi connectivity index (χ1) is 15.9. The lowest BCUT2D eigenvalue weighted by Gasteiger charge is -2.59. The summed E-state index contributed by atoms with van der Waals surface area (Å²) in [5.74, 6) is -1.33. The van der Waals surface area contributed by atoms with Crippen molar-refractivity contribution in [3.8, 4) is 0 Å². The summed E-state index contributed by atoms with van der Waals surface area (Å²) in [6, 6.07) is 0. The topological polar surface area (TPSA) is 150 Å². The Morgan fingerprint density at radius 2 is 1.97 bits per heavy atom. The predicted molar refractivity (Wildman–Crippen MR) is 120 cm³/mol. The predicted octanol–water partition coefficient (Wildman–Crippen LogP) is 1.99. The lowest BCUT2D eigenvalue weighted by atomic mass is 9.46. The van der Waals surface area contributed by atoms with Crippen LogP contribution in [0.5, 0.6) is 0 Å². The minimum atomic E-state index is -1.72. The number of ether oxygens (including phenoxy) is 1. The number of aliphatic carboxylic acids is 1. The van der Waals surface area contributed by atoms with E-state index < -0.39 is 41.6 Å². The fourth-order valence-corrected chi connectivity index (χ4v) is 7.64. The normalized spacial score (nSPS) is 40.9. The first-order valence-corrected chi connectivity index (χ1v) is 12.2. The highest BCUT2D eigenvalue weighted by atomic mass is 16.6. The van der Waals surface area contributed by atoms with E-state index in [1.54, 1.807) is 0 Å². The molecule has 4 rings (SSSR count). The lowest BCUT2D eigenvalue weighted by Crippen LogP contribution is -2.62. The Morgan fingerprint density at radius 3 is 2.68 bits per heavy atom. The zero-order valence-electron chi connectivity index (χ0n) is 19.8. The molecule has 0 aromatic heterocycles. The van der Waals surface area contributed by atoms with Crippen molar-refractivity contribution in [2.45, 2.75) is 76.9 Å². The van der Waals surface area contributed by atoms with Crippen LogP contribution in [0.1, 0.15) is 65.2 Å². The minimum absolute atomic E-state index is 0.0199. The van der Waals surface area contributed by atoms with Crippen LogP contribution in [0.25, 0.3) is 0 Å². The summed E-state index contributed by atoms with van der Waals surface area (Å²) in [6.07, 6.45) is 3.79. The van der Waals surface area contributed by atoms with Gasteiger partial charge < -0.3 is 25.4 Å². The van der Waals surface area contributed by atoms with Crippen molar-refractivity contribution in [1.29, 1.82) is 0 Å². The highest BCUT2D eigenvalue weighted by molar-refractivity contribution is 5.91. The van der Waals surface area contributed by atoms with E-state index >= 15 is 0 Å². The number of amides is 1.